The van der Waals surface area contributed by atoms with E-state index in [-0.39, 0.29) is 30.0 Å². The van der Waals surface area contributed by atoms with Crippen molar-refractivity contribution in [3.05, 3.63) is 39.4 Å². The molecular weight excluding hydrogens is 264 g/mol. The van der Waals surface area contributed by atoms with Crippen LogP contribution in [0, 0.1) is 10.1 Å². The molecule has 0 saturated heterocycles. The molecule has 0 aromatic heterocycles. The van der Waals surface area contributed by atoms with Crippen molar-refractivity contribution in [1.82, 2.24) is 4.90 Å². The average Bonchev–Trinajstić information content (AvgIpc) is 2.67. The van der Waals surface area contributed by atoms with E-state index in [1.807, 2.05) is 0 Å². The molecule has 2 amide bonds. The molecule has 1 aliphatic rings. The number of benzene rings is 1. The van der Waals surface area contributed by atoms with Crippen LogP contribution in [0.15, 0.2) is 18.2 Å². The Hall–Kier alpha value is -2.28. The van der Waals surface area contributed by atoms with Crippen LogP contribution in [0.1, 0.15) is 40.0 Å². The van der Waals surface area contributed by atoms with Crippen molar-refractivity contribution in [3.63, 3.8) is 0 Å². The lowest BCUT2D eigenvalue weighted by atomic mass is 10.1. The smallest absolute Gasteiger partial charge is 0.270 e. The maximum absolute atomic E-state index is 12.1. The van der Waals surface area contributed by atoms with Crippen molar-refractivity contribution in [2.75, 3.05) is 13.2 Å². The Kier molecular flexibility index (Phi) is 4.09. The molecule has 0 radical (unpaired) electrons. The Balaban J connectivity index is 2.15. The minimum Gasteiger partial charge on any atom is -0.396 e. The Morgan fingerprint density at radius 1 is 1.10 bits per heavy atom. The maximum atomic E-state index is 12.1. The van der Waals surface area contributed by atoms with Crippen molar-refractivity contribution in [3.8, 4) is 0 Å². The first-order valence-corrected chi connectivity index (χ1v) is 6.31. The molecule has 0 saturated carbocycles. The number of nitro groups is 1. The zero-order chi connectivity index (χ0) is 14.7. The molecular formula is C13H14N2O5. The number of aliphatic hydroxyl groups is 1. The van der Waals surface area contributed by atoms with Gasteiger partial charge in [0.2, 0.25) is 0 Å². The molecule has 106 valence electrons. The summed E-state index contributed by atoms with van der Waals surface area (Å²) >= 11 is 0. The standard InChI is InChI=1S/C13H14N2O5/c16-7-3-1-2-6-14-12(17)10-5-4-9(15(19)20)8-11(10)13(14)18/h4-5,8,16H,1-3,6-7H2. The number of amides is 2. The average molecular weight is 278 g/mol. The quantitative estimate of drug-likeness (QED) is 0.366. The van der Waals surface area contributed by atoms with E-state index in [1.165, 1.54) is 12.1 Å². The van der Waals surface area contributed by atoms with Gasteiger partial charge in [-0.25, -0.2) is 0 Å². The predicted octanol–water partition coefficient (Wildman–Crippen LogP) is 1.35. The molecule has 0 fully saturated rings. The second-order valence-corrected chi connectivity index (χ2v) is 4.53. The van der Waals surface area contributed by atoms with Crippen molar-refractivity contribution < 1.29 is 19.6 Å². The molecule has 0 spiro atoms. The van der Waals surface area contributed by atoms with Gasteiger partial charge in [0, 0.05) is 25.3 Å². The number of hydrogen-bond acceptors (Lipinski definition) is 5. The first-order chi connectivity index (χ1) is 9.56. The zero-order valence-corrected chi connectivity index (χ0v) is 10.7. The monoisotopic (exact) mass is 278 g/mol. The fraction of sp³-hybridized carbons (Fsp3) is 0.385. The van der Waals surface area contributed by atoms with Gasteiger partial charge in [0.15, 0.2) is 0 Å². The fourth-order valence-corrected chi connectivity index (χ4v) is 2.15. The molecule has 2 rings (SSSR count). The lowest BCUT2D eigenvalue weighted by Gasteiger charge is -2.12. The number of aliphatic hydroxyl groups excluding tert-OH is 1. The summed E-state index contributed by atoms with van der Waals surface area (Å²) in [5, 5.41) is 19.4. The summed E-state index contributed by atoms with van der Waals surface area (Å²) in [5.74, 6) is -0.901. The molecule has 1 aromatic rings. The summed E-state index contributed by atoms with van der Waals surface area (Å²) in [6, 6.07) is 3.68. The minimum atomic E-state index is -0.595. The van der Waals surface area contributed by atoms with Crippen molar-refractivity contribution in [1.29, 1.82) is 0 Å². The van der Waals surface area contributed by atoms with E-state index < -0.39 is 16.7 Å². The Morgan fingerprint density at radius 3 is 2.45 bits per heavy atom. The molecule has 20 heavy (non-hydrogen) atoms. The highest BCUT2D eigenvalue weighted by molar-refractivity contribution is 6.21. The van der Waals surface area contributed by atoms with E-state index in [2.05, 4.69) is 0 Å². The van der Waals surface area contributed by atoms with Crippen molar-refractivity contribution >= 4 is 17.5 Å². The fourth-order valence-electron chi connectivity index (χ4n) is 2.15. The minimum absolute atomic E-state index is 0.0777. The van der Waals surface area contributed by atoms with Crippen LogP contribution in [0.2, 0.25) is 0 Å². The summed E-state index contributed by atoms with van der Waals surface area (Å²) in [7, 11) is 0. The summed E-state index contributed by atoms with van der Waals surface area (Å²) in [6.45, 7) is 0.342. The van der Waals surface area contributed by atoms with Gasteiger partial charge in [0.05, 0.1) is 16.1 Å². The molecule has 1 aliphatic heterocycles. The van der Waals surface area contributed by atoms with Gasteiger partial charge in [-0.1, -0.05) is 0 Å². The van der Waals surface area contributed by atoms with Gasteiger partial charge < -0.3 is 5.11 Å². The maximum Gasteiger partial charge on any atom is 0.270 e. The summed E-state index contributed by atoms with van der Waals surface area (Å²) in [4.78, 5) is 35.3. The third kappa shape index (κ3) is 2.53. The number of non-ortho nitro benzene ring substituents is 1. The number of nitro benzene ring substituents is 1. The number of fused-ring (bicyclic) bond motifs is 1. The largest absolute Gasteiger partial charge is 0.396 e. The molecule has 1 heterocycles. The van der Waals surface area contributed by atoms with E-state index in [1.54, 1.807) is 0 Å². The molecule has 7 heteroatoms. The predicted molar refractivity (Wildman–Crippen MR) is 69.4 cm³/mol. The number of imide groups is 1. The summed E-state index contributed by atoms with van der Waals surface area (Å²) in [6.07, 6.45) is 1.94. The number of carbonyl (C=O) groups is 2. The first kappa shape index (κ1) is 14.1. The van der Waals surface area contributed by atoms with E-state index in [4.69, 9.17) is 5.11 Å². The van der Waals surface area contributed by atoms with Crippen LogP contribution in [0.3, 0.4) is 0 Å². The highest BCUT2D eigenvalue weighted by Gasteiger charge is 2.36. The topological polar surface area (TPSA) is 101 Å². The van der Waals surface area contributed by atoms with Crippen molar-refractivity contribution in [2.24, 2.45) is 0 Å². The molecule has 0 aliphatic carbocycles. The van der Waals surface area contributed by atoms with Crippen LogP contribution >= 0.6 is 0 Å². The molecule has 0 bridgehead atoms. The van der Waals surface area contributed by atoms with Crippen molar-refractivity contribution in [2.45, 2.75) is 19.3 Å². The van der Waals surface area contributed by atoms with Gasteiger partial charge in [-0.3, -0.25) is 24.6 Å². The van der Waals surface area contributed by atoms with Gasteiger partial charge in [0.25, 0.3) is 17.5 Å². The number of unbranched alkanes of at least 4 members (excludes halogenated alkanes) is 2. The number of rotatable bonds is 6. The highest BCUT2D eigenvalue weighted by atomic mass is 16.6. The Bertz CT molecular complexity index is 570. The number of carbonyl (C=O) groups excluding carboxylic acids is 2. The summed E-state index contributed by atoms with van der Waals surface area (Å²) in [5.41, 5.74) is 0.0983. The Morgan fingerprint density at radius 2 is 1.80 bits per heavy atom. The van der Waals surface area contributed by atoms with Gasteiger partial charge in [-0.15, -0.1) is 0 Å². The number of hydrogen-bond donors (Lipinski definition) is 1. The van der Waals surface area contributed by atoms with E-state index >= 15 is 0 Å². The van der Waals surface area contributed by atoms with Crippen LogP contribution in [0.4, 0.5) is 5.69 Å². The van der Waals surface area contributed by atoms with Crippen LogP contribution in [0.5, 0.6) is 0 Å². The lowest BCUT2D eigenvalue weighted by molar-refractivity contribution is -0.384. The van der Waals surface area contributed by atoms with E-state index in [0.29, 0.717) is 19.3 Å². The first-order valence-electron chi connectivity index (χ1n) is 6.31. The SMILES string of the molecule is O=C1c2ccc([N+](=O)[O-])cc2C(=O)N1CCCCCO. The van der Waals surface area contributed by atoms with Crippen LogP contribution in [0.25, 0.3) is 0 Å². The van der Waals surface area contributed by atoms with Gasteiger partial charge in [-0.05, 0) is 25.3 Å². The van der Waals surface area contributed by atoms with Gasteiger partial charge in [-0.2, -0.15) is 0 Å². The molecule has 0 atom stereocenters. The van der Waals surface area contributed by atoms with Crippen LogP contribution in [-0.2, 0) is 0 Å². The molecule has 0 unspecified atom stereocenters. The van der Waals surface area contributed by atoms with Gasteiger partial charge >= 0.3 is 0 Å². The molecule has 1 N–H and O–H groups in total. The van der Waals surface area contributed by atoms with Crippen LogP contribution < -0.4 is 0 Å². The number of nitrogens with zero attached hydrogens (tertiary/aromatic N) is 2. The van der Waals surface area contributed by atoms with Crippen LogP contribution in [-0.4, -0.2) is 39.9 Å². The van der Waals surface area contributed by atoms with Gasteiger partial charge in [0.1, 0.15) is 0 Å². The van der Waals surface area contributed by atoms with E-state index in [0.717, 1.165) is 11.0 Å². The second-order valence-electron chi connectivity index (χ2n) is 4.53. The third-order valence-corrected chi connectivity index (χ3v) is 3.20. The summed E-state index contributed by atoms with van der Waals surface area (Å²) < 4.78 is 0. The lowest BCUT2D eigenvalue weighted by Crippen LogP contribution is -2.30. The highest BCUT2D eigenvalue weighted by Crippen LogP contribution is 2.26. The normalized spacial score (nSPS) is 13.8. The zero-order valence-electron chi connectivity index (χ0n) is 10.7. The molecule has 1 aromatic carbocycles. The second kappa shape index (κ2) is 5.79. The molecule has 7 nitrogen and oxygen atoms in total. The Labute approximate surface area is 115 Å². The van der Waals surface area contributed by atoms with E-state index in [9.17, 15) is 19.7 Å². The third-order valence-electron chi connectivity index (χ3n) is 3.20.